The molecule has 3 aromatic rings. The molecule has 0 aliphatic carbocycles. The van der Waals surface area contributed by atoms with Crippen LogP contribution in [0.4, 0.5) is 5.82 Å². The summed E-state index contributed by atoms with van der Waals surface area (Å²) in [6.45, 7) is 7.11. The van der Waals surface area contributed by atoms with Crippen LogP contribution in [0.1, 0.15) is 32.3 Å². The second-order valence-electron chi connectivity index (χ2n) is 6.65. The number of aryl methyl sites for hydroxylation is 1. The van der Waals surface area contributed by atoms with E-state index in [0.29, 0.717) is 0 Å². The largest absolute Gasteiger partial charge is 0.369 e. The zero-order valence-corrected chi connectivity index (χ0v) is 14.0. The molecule has 0 unspecified atom stereocenters. The van der Waals surface area contributed by atoms with Gasteiger partial charge in [-0.2, -0.15) is 5.10 Å². The van der Waals surface area contributed by atoms with Crippen molar-refractivity contribution in [2.24, 2.45) is 7.05 Å². The SMILES string of the molecule is Cn1ncc2c(NCCc3ccccn3)nc(C(C)(C)C)nc21. The number of pyridine rings is 1. The van der Waals surface area contributed by atoms with Crippen molar-refractivity contribution in [1.82, 2.24) is 24.7 Å². The number of hydrogen-bond donors (Lipinski definition) is 1. The van der Waals surface area contributed by atoms with Gasteiger partial charge in [-0.05, 0) is 12.1 Å². The Kier molecular flexibility index (Phi) is 3.98. The fourth-order valence-electron chi connectivity index (χ4n) is 2.35. The summed E-state index contributed by atoms with van der Waals surface area (Å²) in [6.07, 6.45) is 4.47. The highest BCUT2D eigenvalue weighted by Gasteiger charge is 2.21. The molecule has 0 amide bonds. The molecule has 0 saturated heterocycles. The Morgan fingerprint density at radius 3 is 2.70 bits per heavy atom. The molecule has 0 bridgehead atoms. The molecule has 0 aliphatic rings. The van der Waals surface area contributed by atoms with E-state index in [0.717, 1.165) is 41.3 Å². The van der Waals surface area contributed by atoms with Crippen LogP contribution in [0, 0.1) is 0 Å². The quantitative estimate of drug-likeness (QED) is 0.802. The summed E-state index contributed by atoms with van der Waals surface area (Å²) in [6, 6.07) is 5.96. The van der Waals surface area contributed by atoms with Gasteiger partial charge in [-0.15, -0.1) is 0 Å². The van der Waals surface area contributed by atoms with Crippen LogP contribution in [0.5, 0.6) is 0 Å². The average Bonchev–Trinajstić information content (AvgIpc) is 2.89. The molecule has 0 saturated carbocycles. The van der Waals surface area contributed by atoms with Gasteiger partial charge >= 0.3 is 0 Å². The standard InChI is InChI=1S/C17H22N6/c1-17(2,3)16-21-14(13-11-20-23(4)15(13)22-16)19-10-8-12-7-5-6-9-18-12/h5-7,9,11H,8,10H2,1-4H3,(H,19,21,22). The maximum atomic E-state index is 4.72. The topological polar surface area (TPSA) is 68.5 Å². The Morgan fingerprint density at radius 1 is 1.17 bits per heavy atom. The first kappa shape index (κ1) is 15.4. The normalized spacial score (nSPS) is 11.8. The van der Waals surface area contributed by atoms with E-state index >= 15 is 0 Å². The summed E-state index contributed by atoms with van der Waals surface area (Å²) in [5.74, 6) is 1.65. The first-order valence-corrected chi connectivity index (χ1v) is 7.79. The first-order valence-electron chi connectivity index (χ1n) is 7.79. The molecule has 0 aromatic carbocycles. The monoisotopic (exact) mass is 310 g/mol. The molecular formula is C17H22N6. The summed E-state index contributed by atoms with van der Waals surface area (Å²) in [4.78, 5) is 13.7. The summed E-state index contributed by atoms with van der Waals surface area (Å²) < 4.78 is 1.79. The minimum Gasteiger partial charge on any atom is -0.369 e. The van der Waals surface area contributed by atoms with Crippen LogP contribution < -0.4 is 5.32 Å². The van der Waals surface area contributed by atoms with Crippen LogP contribution in [-0.2, 0) is 18.9 Å². The Labute approximate surface area is 136 Å². The Morgan fingerprint density at radius 2 is 2.00 bits per heavy atom. The lowest BCUT2D eigenvalue weighted by Gasteiger charge is -2.18. The van der Waals surface area contributed by atoms with Gasteiger partial charge < -0.3 is 5.32 Å². The van der Waals surface area contributed by atoms with E-state index < -0.39 is 0 Å². The van der Waals surface area contributed by atoms with Gasteiger partial charge in [0.15, 0.2) is 5.65 Å². The lowest BCUT2D eigenvalue weighted by atomic mass is 9.95. The van der Waals surface area contributed by atoms with E-state index in [9.17, 15) is 0 Å². The summed E-state index contributed by atoms with van der Waals surface area (Å²) in [7, 11) is 1.90. The molecule has 0 fully saturated rings. The third-order valence-corrected chi connectivity index (χ3v) is 3.66. The third-order valence-electron chi connectivity index (χ3n) is 3.66. The number of nitrogens with zero attached hydrogens (tertiary/aromatic N) is 5. The van der Waals surface area contributed by atoms with Crippen LogP contribution in [0.15, 0.2) is 30.6 Å². The lowest BCUT2D eigenvalue weighted by molar-refractivity contribution is 0.547. The maximum Gasteiger partial charge on any atom is 0.163 e. The van der Waals surface area contributed by atoms with Gasteiger partial charge in [-0.3, -0.25) is 9.67 Å². The molecule has 0 atom stereocenters. The molecule has 3 heterocycles. The zero-order valence-electron chi connectivity index (χ0n) is 14.0. The van der Waals surface area contributed by atoms with Gasteiger partial charge in [0.25, 0.3) is 0 Å². The molecule has 23 heavy (non-hydrogen) atoms. The molecule has 6 nitrogen and oxygen atoms in total. The number of hydrogen-bond acceptors (Lipinski definition) is 5. The van der Waals surface area contributed by atoms with E-state index in [1.165, 1.54) is 0 Å². The van der Waals surface area contributed by atoms with Crippen molar-refractivity contribution in [2.75, 3.05) is 11.9 Å². The molecule has 0 spiro atoms. The number of fused-ring (bicyclic) bond motifs is 1. The molecule has 0 radical (unpaired) electrons. The van der Waals surface area contributed by atoms with Crippen LogP contribution in [0.3, 0.4) is 0 Å². The number of aromatic nitrogens is 5. The van der Waals surface area contributed by atoms with Gasteiger partial charge in [-0.25, -0.2) is 9.97 Å². The maximum absolute atomic E-state index is 4.72. The van der Waals surface area contributed by atoms with Crippen molar-refractivity contribution < 1.29 is 0 Å². The molecule has 3 aromatic heterocycles. The Balaban J connectivity index is 1.87. The number of anilines is 1. The smallest absolute Gasteiger partial charge is 0.163 e. The zero-order chi connectivity index (χ0) is 16.4. The molecule has 0 aliphatic heterocycles. The van der Waals surface area contributed by atoms with Crippen LogP contribution in [0.25, 0.3) is 11.0 Å². The summed E-state index contributed by atoms with van der Waals surface area (Å²) in [5, 5.41) is 8.67. The fraction of sp³-hybridized carbons (Fsp3) is 0.412. The first-order chi connectivity index (χ1) is 10.9. The van der Waals surface area contributed by atoms with Gasteiger partial charge in [0.1, 0.15) is 11.6 Å². The van der Waals surface area contributed by atoms with Crippen molar-refractivity contribution in [1.29, 1.82) is 0 Å². The molecule has 1 N–H and O–H groups in total. The van der Waals surface area contributed by atoms with Crippen molar-refractivity contribution in [3.05, 3.63) is 42.1 Å². The molecule has 6 heteroatoms. The van der Waals surface area contributed by atoms with Gasteiger partial charge in [0.05, 0.1) is 11.6 Å². The van der Waals surface area contributed by atoms with Crippen LogP contribution in [-0.4, -0.2) is 31.3 Å². The van der Waals surface area contributed by atoms with Gasteiger partial charge in [0.2, 0.25) is 0 Å². The van der Waals surface area contributed by atoms with E-state index in [2.05, 4.69) is 41.2 Å². The van der Waals surface area contributed by atoms with E-state index in [1.807, 2.05) is 37.6 Å². The predicted octanol–water partition coefficient (Wildman–Crippen LogP) is 2.71. The summed E-state index contributed by atoms with van der Waals surface area (Å²) >= 11 is 0. The van der Waals surface area contributed by atoms with E-state index in [-0.39, 0.29) is 5.41 Å². The van der Waals surface area contributed by atoms with Gasteiger partial charge in [-0.1, -0.05) is 26.8 Å². The second-order valence-corrected chi connectivity index (χ2v) is 6.65. The van der Waals surface area contributed by atoms with Gasteiger partial charge in [0, 0.05) is 37.3 Å². The highest BCUT2D eigenvalue weighted by atomic mass is 15.3. The second kappa shape index (κ2) is 5.95. The van der Waals surface area contributed by atoms with E-state index in [4.69, 9.17) is 4.98 Å². The Bertz CT molecular complexity index is 801. The highest BCUT2D eigenvalue weighted by Crippen LogP contribution is 2.25. The molecule has 120 valence electrons. The van der Waals surface area contributed by atoms with Crippen molar-refractivity contribution >= 4 is 16.9 Å². The molecular weight excluding hydrogens is 288 g/mol. The summed E-state index contributed by atoms with van der Waals surface area (Å²) in [5.41, 5.74) is 1.80. The van der Waals surface area contributed by atoms with Crippen molar-refractivity contribution in [2.45, 2.75) is 32.6 Å². The molecule has 3 rings (SSSR count). The fourth-order valence-corrected chi connectivity index (χ4v) is 2.35. The average molecular weight is 310 g/mol. The number of nitrogens with one attached hydrogen (secondary N) is 1. The predicted molar refractivity (Wildman–Crippen MR) is 91.4 cm³/mol. The lowest BCUT2D eigenvalue weighted by Crippen LogP contribution is -2.18. The minimum absolute atomic E-state index is 0.115. The Hall–Kier alpha value is -2.50. The van der Waals surface area contributed by atoms with E-state index in [1.54, 1.807) is 4.68 Å². The number of rotatable bonds is 4. The van der Waals surface area contributed by atoms with Crippen LogP contribution in [0.2, 0.25) is 0 Å². The van der Waals surface area contributed by atoms with Crippen molar-refractivity contribution in [3.8, 4) is 0 Å². The highest BCUT2D eigenvalue weighted by molar-refractivity contribution is 5.86. The third kappa shape index (κ3) is 3.31. The minimum atomic E-state index is -0.115. The van der Waals surface area contributed by atoms with Crippen molar-refractivity contribution in [3.63, 3.8) is 0 Å². The van der Waals surface area contributed by atoms with Crippen LogP contribution >= 0.6 is 0 Å².